The summed E-state index contributed by atoms with van der Waals surface area (Å²) in [5.41, 5.74) is -0.709. The van der Waals surface area contributed by atoms with Gasteiger partial charge in [0.25, 0.3) is 0 Å². The van der Waals surface area contributed by atoms with E-state index in [9.17, 15) is 9.32 Å². The minimum Gasteiger partial charge on any atom is -0.389 e. The van der Waals surface area contributed by atoms with E-state index in [0.717, 1.165) is 25.7 Å². The fourth-order valence-electron chi connectivity index (χ4n) is 1.81. The molecule has 1 aliphatic rings. The van der Waals surface area contributed by atoms with E-state index in [-0.39, 0.29) is 10.8 Å². The van der Waals surface area contributed by atoms with Crippen molar-refractivity contribution in [3.05, 3.63) is 0 Å². The zero-order chi connectivity index (χ0) is 11.7. The van der Waals surface area contributed by atoms with Gasteiger partial charge in [0.2, 0.25) is 0 Å². The predicted molar refractivity (Wildman–Crippen MR) is 63.9 cm³/mol. The molecular weight excluding hydrogens is 210 g/mol. The molecule has 1 aliphatic carbocycles. The summed E-state index contributed by atoms with van der Waals surface area (Å²) < 4.78 is 14.7. The van der Waals surface area contributed by atoms with Crippen molar-refractivity contribution < 1.29 is 9.32 Å². The van der Waals surface area contributed by atoms with E-state index in [0.29, 0.717) is 0 Å². The largest absolute Gasteiger partial charge is 0.389 e. The van der Waals surface area contributed by atoms with Crippen LogP contribution in [0.3, 0.4) is 0 Å². The van der Waals surface area contributed by atoms with Crippen LogP contribution < -0.4 is 4.72 Å². The van der Waals surface area contributed by atoms with Crippen LogP contribution in [0.4, 0.5) is 0 Å². The van der Waals surface area contributed by atoms with E-state index in [2.05, 4.69) is 4.72 Å². The molecule has 2 N–H and O–H groups in total. The molecule has 0 unspecified atom stereocenters. The Bertz CT molecular complexity index is 245. The van der Waals surface area contributed by atoms with E-state index in [4.69, 9.17) is 0 Å². The van der Waals surface area contributed by atoms with Crippen LogP contribution >= 0.6 is 0 Å². The second-order valence-electron chi connectivity index (χ2n) is 5.65. The highest BCUT2D eigenvalue weighted by Gasteiger charge is 2.36. The lowest BCUT2D eigenvalue weighted by Gasteiger charge is -2.38. The highest BCUT2D eigenvalue weighted by Crippen LogP contribution is 2.28. The molecule has 0 radical (unpaired) electrons. The van der Waals surface area contributed by atoms with Crippen LogP contribution in [-0.2, 0) is 11.0 Å². The molecule has 0 spiro atoms. The van der Waals surface area contributed by atoms with E-state index in [1.54, 1.807) is 0 Å². The zero-order valence-electron chi connectivity index (χ0n) is 10.2. The van der Waals surface area contributed by atoms with E-state index >= 15 is 0 Å². The van der Waals surface area contributed by atoms with Gasteiger partial charge in [-0.05, 0) is 40.5 Å². The summed E-state index contributed by atoms with van der Waals surface area (Å²) in [5, 5.41) is 10.2. The minimum atomic E-state index is -1.09. The molecule has 1 rings (SSSR count). The molecule has 0 aromatic heterocycles. The summed E-state index contributed by atoms with van der Waals surface area (Å²) in [6.45, 7) is 7.65. The van der Waals surface area contributed by atoms with Gasteiger partial charge < -0.3 is 5.11 Å². The summed E-state index contributed by atoms with van der Waals surface area (Å²) in [6, 6.07) is -0.0358. The van der Waals surface area contributed by atoms with Gasteiger partial charge in [-0.1, -0.05) is 12.8 Å². The SMILES string of the molecule is CC(C)(C)[S@@](=O)N[C@H]1CCCC[C@]1(C)O. The lowest BCUT2D eigenvalue weighted by atomic mass is 9.82. The van der Waals surface area contributed by atoms with Crippen molar-refractivity contribution in [3.63, 3.8) is 0 Å². The third-order valence-corrected chi connectivity index (χ3v) is 4.59. The van der Waals surface area contributed by atoms with Gasteiger partial charge in [0, 0.05) is 6.04 Å². The number of hydrogen-bond acceptors (Lipinski definition) is 2. The first-order chi connectivity index (χ1) is 6.73. The van der Waals surface area contributed by atoms with Gasteiger partial charge in [-0.15, -0.1) is 0 Å². The summed E-state index contributed by atoms with van der Waals surface area (Å²) in [5.74, 6) is 0. The fraction of sp³-hybridized carbons (Fsp3) is 1.00. The molecule has 90 valence electrons. The van der Waals surface area contributed by atoms with Crippen molar-refractivity contribution in [2.75, 3.05) is 0 Å². The van der Waals surface area contributed by atoms with Gasteiger partial charge in [0.05, 0.1) is 21.3 Å². The first kappa shape index (κ1) is 13.1. The molecule has 0 heterocycles. The van der Waals surface area contributed by atoms with Crippen molar-refractivity contribution in [1.82, 2.24) is 4.72 Å². The normalized spacial score (nSPS) is 35.1. The highest BCUT2D eigenvalue weighted by atomic mass is 32.2. The third kappa shape index (κ3) is 3.54. The van der Waals surface area contributed by atoms with Gasteiger partial charge in [0.1, 0.15) is 0 Å². The van der Waals surface area contributed by atoms with Crippen molar-refractivity contribution in [2.24, 2.45) is 0 Å². The Kier molecular flexibility index (Phi) is 3.95. The van der Waals surface area contributed by atoms with Gasteiger partial charge in [-0.25, -0.2) is 8.93 Å². The van der Waals surface area contributed by atoms with Gasteiger partial charge >= 0.3 is 0 Å². The van der Waals surface area contributed by atoms with Crippen molar-refractivity contribution in [1.29, 1.82) is 0 Å². The molecule has 1 saturated carbocycles. The molecule has 4 heteroatoms. The quantitative estimate of drug-likeness (QED) is 0.763. The molecule has 3 atom stereocenters. The number of hydrogen-bond donors (Lipinski definition) is 2. The molecule has 3 nitrogen and oxygen atoms in total. The minimum absolute atomic E-state index is 0.0358. The maximum Gasteiger partial charge on any atom is 0.0973 e. The molecule has 0 saturated heterocycles. The van der Waals surface area contributed by atoms with Crippen LogP contribution in [-0.4, -0.2) is 25.7 Å². The molecule has 0 aromatic carbocycles. The van der Waals surface area contributed by atoms with Gasteiger partial charge in [-0.3, -0.25) is 0 Å². The van der Waals surface area contributed by atoms with Crippen LogP contribution in [0.15, 0.2) is 0 Å². The van der Waals surface area contributed by atoms with Crippen molar-refractivity contribution in [3.8, 4) is 0 Å². The number of nitrogens with one attached hydrogen (secondary N) is 1. The van der Waals surface area contributed by atoms with Crippen LogP contribution in [0.1, 0.15) is 53.4 Å². The third-order valence-electron chi connectivity index (χ3n) is 2.98. The average molecular weight is 233 g/mol. The van der Waals surface area contributed by atoms with Crippen molar-refractivity contribution in [2.45, 2.75) is 69.8 Å². The summed E-state index contributed by atoms with van der Waals surface area (Å²) in [6.07, 6.45) is 3.88. The van der Waals surface area contributed by atoms with Crippen LogP contribution in [0.5, 0.6) is 0 Å². The second kappa shape index (κ2) is 4.52. The molecule has 0 amide bonds. The Balaban J connectivity index is 2.61. The first-order valence-corrected chi connectivity index (χ1v) is 6.79. The predicted octanol–water partition coefficient (Wildman–Crippen LogP) is 1.73. The lowest BCUT2D eigenvalue weighted by Crippen LogP contribution is -2.53. The standard InChI is InChI=1S/C11H23NO2S/c1-10(2,3)15(14)12-9-7-5-6-8-11(9,4)13/h9,12-13H,5-8H2,1-4H3/t9-,11-,15+/m0/s1. The van der Waals surface area contributed by atoms with Crippen LogP contribution in [0.25, 0.3) is 0 Å². The Morgan fingerprint density at radius 1 is 1.40 bits per heavy atom. The van der Waals surface area contributed by atoms with E-state index in [1.807, 2.05) is 27.7 Å². The van der Waals surface area contributed by atoms with E-state index in [1.165, 1.54) is 0 Å². The van der Waals surface area contributed by atoms with Gasteiger partial charge in [0.15, 0.2) is 0 Å². The Labute approximate surface area is 95.2 Å². The Morgan fingerprint density at radius 2 is 2.00 bits per heavy atom. The van der Waals surface area contributed by atoms with Gasteiger partial charge in [-0.2, -0.15) is 0 Å². The summed E-state index contributed by atoms with van der Waals surface area (Å²) in [4.78, 5) is 0. The molecular formula is C11H23NO2S. The zero-order valence-corrected chi connectivity index (χ0v) is 11.0. The number of aliphatic hydroxyl groups is 1. The Hall–Kier alpha value is 0.0700. The summed E-state index contributed by atoms with van der Waals surface area (Å²) >= 11 is 0. The number of rotatable bonds is 2. The Morgan fingerprint density at radius 3 is 2.47 bits per heavy atom. The maximum absolute atomic E-state index is 11.9. The monoisotopic (exact) mass is 233 g/mol. The molecule has 0 aromatic rings. The summed E-state index contributed by atoms with van der Waals surface area (Å²) in [7, 11) is -1.09. The van der Waals surface area contributed by atoms with Crippen molar-refractivity contribution >= 4 is 11.0 Å². The van der Waals surface area contributed by atoms with E-state index < -0.39 is 16.6 Å². The van der Waals surface area contributed by atoms with Crippen LogP contribution in [0.2, 0.25) is 0 Å². The second-order valence-corrected chi connectivity index (χ2v) is 7.65. The topological polar surface area (TPSA) is 49.3 Å². The van der Waals surface area contributed by atoms with Crippen LogP contribution in [0, 0.1) is 0 Å². The first-order valence-electron chi connectivity index (χ1n) is 5.64. The molecule has 0 bridgehead atoms. The molecule has 0 aliphatic heterocycles. The maximum atomic E-state index is 11.9. The molecule has 1 fully saturated rings. The molecule has 15 heavy (non-hydrogen) atoms. The lowest BCUT2D eigenvalue weighted by molar-refractivity contribution is -0.00184. The highest BCUT2D eigenvalue weighted by molar-refractivity contribution is 7.84. The smallest absolute Gasteiger partial charge is 0.0973 e. The average Bonchev–Trinajstić information content (AvgIpc) is 2.06. The fourth-order valence-corrected chi connectivity index (χ4v) is 2.79.